The van der Waals surface area contributed by atoms with Crippen LogP contribution in [0.3, 0.4) is 0 Å². The minimum absolute atomic E-state index is 0.0576. The maximum atomic E-state index is 13.1. The molecule has 2 aromatic rings. The highest BCUT2D eigenvalue weighted by Gasteiger charge is 2.29. The quantitative estimate of drug-likeness (QED) is 0.242. The van der Waals surface area contributed by atoms with Crippen molar-refractivity contribution in [1.29, 1.82) is 0 Å². The van der Waals surface area contributed by atoms with E-state index in [0.29, 0.717) is 0 Å². The van der Waals surface area contributed by atoms with Crippen molar-refractivity contribution in [3.05, 3.63) is 28.1 Å². The molecule has 2 rings (SSSR count). The van der Waals surface area contributed by atoms with Crippen molar-refractivity contribution in [3.8, 4) is 17.2 Å². The van der Waals surface area contributed by atoms with Gasteiger partial charge in [-0.2, -0.15) is 0 Å². The zero-order valence-electron chi connectivity index (χ0n) is 17.3. The fourth-order valence-corrected chi connectivity index (χ4v) is 2.45. The summed E-state index contributed by atoms with van der Waals surface area (Å²) in [6, 6.07) is 2.31. The molecule has 0 aliphatic carbocycles. The van der Waals surface area contributed by atoms with Gasteiger partial charge in [0.15, 0.2) is 0 Å². The number of rotatable bonds is 8. The summed E-state index contributed by atoms with van der Waals surface area (Å²) < 4.78 is 29.7. The lowest BCUT2D eigenvalue weighted by atomic mass is 10.1. The van der Waals surface area contributed by atoms with Crippen LogP contribution in [-0.2, 0) is 28.7 Å². The minimum Gasteiger partial charge on any atom is -0.494 e. The lowest BCUT2D eigenvalue weighted by Crippen LogP contribution is -2.24. The largest absolute Gasteiger partial charge is 0.494 e. The molecule has 0 unspecified atom stereocenters. The summed E-state index contributed by atoms with van der Waals surface area (Å²) in [5, 5.41) is -0.479. The first kappa shape index (κ1) is 24.1. The molecular formula is C20H18O12. The summed E-state index contributed by atoms with van der Waals surface area (Å²) >= 11 is 0. The summed E-state index contributed by atoms with van der Waals surface area (Å²) in [6.45, 7) is 4.55. The number of fused-ring (bicyclic) bond motifs is 1. The van der Waals surface area contributed by atoms with Crippen molar-refractivity contribution in [3.63, 3.8) is 0 Å². The standard InChI is InChI=1S/C20H18O12/c1-4-27-10-7-11-14(12(8-10)31-20(26)19(25)29-6-3)15(23)16(32-13(22)9-21)17(30-11)18(24)28-5-2/h7-9H,4-6H2,1-3H3. The molecule has 170 valence electrons. The van der Waals surface area contributed by atoms with E-state index in [9.17, 15) is 28.8 Å². The van der Waals surface area contributed by atoms with Gasteiger partial charge in [-0.05, 0) is 20.8 Å². The first-order valence-corrected chi connectivity index (χ1v) is 9.27. The molecule has 0 spiro atoms. The zero-order chi connectivity index (χ0) is 23.8. The third kappa shape index (κ3) is 5.28. The molecule has 0 radical (unpaired) electrons. The van der Waals surface area contributed by atoms with Crippen LogP contribution in [0.1, 0.15) is 31.3 Å². The Labute approximate surface area is 179 Å². The zero-order valence-corrected chi connectivity index (χ0v) is 17.3. The monoisotopic (exact) mass is 450 g/mol. The van der Waals surface area contributed by atoms with Crippen molar-refractivity contribution < 1.29 is 52.1 Å². The van der Waals surface area contributed by atoms with E-state index in [1.54, 1.807) is 6.92 Å². The average molecular weight is 450 g/mol. The molecule has 0 saturated heterocycles. The van der Waals surface area contributed by atoms with E-state index >= 15 is 0 Å². The van der Waals surface area contributed by atoms with Crippen LogP contribution in [0.4, 0.5) is 0 Å². The van der Waals surface area contributed by atoms with Crippen molar-refractivity contribution in [1.82, 2.24) is 0 Å². The molecule has 12 nitrogen and oxygen atoms in total. The van der Waals surface area contributed by atoms with Gasteiger partial charge in [-0.3, -0.25) is 9.59 Å². The molecule has 32 heavy (non-hydrogen) atoms. The third-order valence-corrected chi connectivity index (χ3v) is 3.61. The van der Waals surface area contributed by atoms with E-state index in [-0.39, 0.29) is 37.4 Å². The highest BCUT2D eigenvalue weighted by atomic mass is 16.6. The molecule has 1 aromatic heterocycles. The Kier molecular flexibility index (Phi) is 8.04. The Balaban J connectivity index is 2.80. The molecular weight excluding hydrogens is 432 g/mol. The van der Waals surface area contributed by atoms with Crippen LogP contribution in [0.2, 0.25) is 0 Å². The maximum Gasteiger partial charge on any atom is 0.422 e. The fraction of sp³-hybridized carbons (Fsp3) is 0.300. The van der Waals surface area contributed by atoms with Gasteiger partial charge < -0.3 is 28.1 Å². The molecule has 0 atom stereocenters. The normalized spacial score (nSPS) is 10.2. The molecule has 1 heterocycles. The van der Waals surface area contributed by atoms with Crippen LogP contribution in [0.15, 0.2) is 21.3 Å². The molecule has 0 N–H and O–H groups in total. The van der Waals surface area contributed by atoms with Gasteiger partial charge in [-0.15, -0.1) is 0 Å². The lowest BCUT2D eigenvalue weighted by Gasteiger charge is -2.12. The van der Waals surface area contributed by atoms with Gasteiger partial charge in [0, 0.05) is 12.1 Å². The van der Waals surface area contributed by atoms with E-state index in [4.69, 9.17) is 18.6 Å². The van der Waals surface area contributed by atoms with Crippen LogP contribution in [0, 0.1) is 0 Å². The Morgan fingerprint density at radius 2 is 1.62 bits per heavy atom. The molecule has 0 amide bonds. The number of benzene rings is 1. The van der Waals surface area contributed by atoms with Crippen LogP contribution in [0.25, 0.3) is 11.0 Å². The van der Waals surface area contributed by atoms with Gasteiger partial charge in [0.2, 0.25) is 17.5 Å². The second-order valence-corrected chi connectivity index (χ2v) is 5.69. The Morgan fingerprint density at radius 1 is 0.938 bits per heavy atom. The second kappa shape index (κ2) is 10.7. The summed E-state index contributed by atoms with van der Waals surface area (Å²) in [4.78, 5) is 71.2. The average Bonchev–Trinajstić information content (AvgIpc) is 2.75. The van der Waals surface area contributed by atoms with Gasteiger partial charge in [0.25, 0.3) is 5.76 Å². The van der Waals surface area contributed by atoms with Crippen LogP contribution in [0.5, 0.6) is 17.2 Å². The number of carbonyl (C=O) groups is 5. The SMILES string of the molecule is CCOC(=O)C(=O)Oc1cc(OCC)cc2oc(C(=O)OCC)c(OC(=O)C=O)c(=O)c12. The highest BCUT2D eigenvalue weighted by molar-refractivity contribution is 6.30. The Bertz CT molecular complexity index is 1130. The molecule has 1 aromatic carbocycles. The first-order chi connectivity index (χ1) is 15.3. The van der Waals surface area contributed by atoms with E-state index in [0.717, 1.165) is 6.07 Å². The summed E-state index contributed by atoms with van der Waals surface area (Å²) in [5.74, 6) is -7.67. The maximum absolute atomic E-state index is 13.1. The predicted octanol–water partition coefficient (Wildman–Crippen LogP) is 0.941. The Hall–Kier alpha value is -4.22. The summed E-state index contributed by atoms with van der Waals surface area (Å²) in [7, 11) is 0. The molecule has 12 heteroatoms. The predicted molar refractivity (Wildman–Crippen MR) is 104 cm³/mol. The summed E-state index contributed by atoms with van der Waals surface area (Å²) in [5.41, 5.74) is -1.47. The van der Waals surface area contributed by atoms with Gasteiger partial charge in [-0.25, -0.2) is 19.2 Å². The minimum atomic E-state index is -1.50. The highest BCUT2D eigenvalue weighted by Crippen LogP contribution is 2.33. The van der Waals surface area contributed by atoms with Crippen molar-refractivity contribution in [2.45, 2.75) is 20.8 Å². The number of esters is 4. The van der Waals surface area contributed by atoms with Gasteiger partial charge in [0.05, 0.1) is 19.8 Å². The Morgan fingerprint density at radius 3 is 2.22 bits per heavy atom. The number of aldehydes is 1. The number of hydrogen-bond donors (Lipinski definition) is 0. The molecule has 0 aliphatic heterocycles. The lowest BCUT2D eigenvalue weighted by molar-refractivity contribution is -0.161. The molecule has 0 aliphatic rings. The topological polar surface area (TPSA) is 162 Å². The fourth-order valence-electron chi connectivity index (χ4n) is 2.45. The third-order valence-electron chi connectivity index (χ3n) is 3.61. The van der Waals surface area contributed by atoms with Crippen molar-refractivity contribution >= 4 is 41.1 Å². The number of hydrogen-bond acceptors (Lipinski definition) is 12. The molecule has 0 saturated carbocycles. The smallest absolute Gasteiger partial charge is 0.422 e. The van der Waals surface area contributed by atoms with E-state index in [2.05, 4.69) is 9.47 Å². The van der Waals surface area contributed by atoms with Gasteiger partial charge in [0.1, 0.15) is 22.5 Å². The van der Waals surface area contributed by atoms with Crippen LogP contribution >= 0.6 is 0 Å². The molecule has 0 bridgehead atoms. The molecule has 0 fully saturated rings. The van der Waals surface area contributed by atoms with Gasteiger partial charge in [-0.1, -0.05) is 0 Å². The van der Waals surface area contributed by atoms with Crippen LogP contribution in [-0.4, -0.2) is 50.0 Å². The number of ether oxygens (including phenoxy) is 5. The van der Waals surface area contributed by atoms with Crippen molar-refractivity contribution in [2.75, 3.05) is 19.8 Å². The summed E-state index contributed by atoms with van der Waals surface area (Å²) in [6.07, 6.45) is -0.238. The second-order valence-electron chi connectivity index (χ2n) is 5.69. The van der Waals surface area contributed by atoms with E-state index < -0.39 is 52.0 Å². The van der Waals surface area contributed by atoms with Crippen molar-refractivity contribution in [2.24, 2.45) is 0 Å². The number of carbonyl (C=O) groups excluding carboxylic acids is 5. The van der Waals surface area contributed by atoms with E-state index in [1.165, 1.54) is 19.9 Å². The van der Waals surface area contributed by atoms with E-state index in [1.807, 2.05) is 0 Å². The first-order valence-electron chi connectivity index (χ1n) is 9.27. The van der Waals surface area contributed by atoms with Gasteiger partial charge >= 0.3 is 23.9 Å². The van der Waals surface area contributed by atoms with Crippen LogP contribution < -0.4 is 19.6 Å².